The molecule has 2 unspecified atom stereocenters. The van der Waals surface area contributed by atoms with Gasteiger partial charge in [0.05, 0.1) is 0 Å². The van der Waals surface area contributed by atoms with Crippen LogP contribution >= 0.6 is 0 Å². The van der Waals surface area contributed by atoms with Gasteiger partial charge in [0, 0.05) is 0 Å². The molecule has 39 heavy (non-hydrogen) atoms. The Labute approximate surface area is 236 Å². The summed E-state index contributed by atoms with van der Waals surface area (Å²) in [6, 6.07) is 51.5. The minimum absolute atomic E-state index is 0.618. The monoisotopic (exact) mass is 510 g/mol. The van der Waals surface area contributed by atoms with E-state index in [9.17, 15) is 0 Å². The fraction of sp³-hybridized carbons (Fsp3) is 0.231. The Kier molecular flexibility index (Phi) is 11.2. The lowest BCUT2D eigenvalue weighted by molar-refractivity contribution is 0.488. The van der Waals surface area contributed by atoms with Crippen molar-refractivity contribution in [3.8, 4) is 0 Å². The van der Waals surface area contributed by atoms with Gasteiger partial charge in [-0.05, 0) is 78.7 Å². The summed E-state index contributed by atoms with van der Waals surface area (Å²) < 4.78 is 0. The average molecular weight is 511 g/mol. The fourth-order valence-electron chi connectivity index (χ4n) is 5.41. The highest BCUT2D eigenvalue weighted by atomic mass is 14.3. The molecule has 0 fully saturated rings. The van der Waals surface area contributed by atoms with E-state index >= 15 is 0 Å². The zero-order chi connectivity index (χ0) is 27.1. The first-order valence-corrected chi connectivity index (χ1v) is 14.4. The first kappa shape index (κ1) is 28.1. The summed E-state index contributed by atoms with van der Waals surface area (Å²) >= 11 is 0. The van der Waals surface area contributed by atoms with Gasteiger partial charge in [0.1, 0.15) is 0 Å². The van der Waals surface area contributed by atoms with Crippen molar-refractivity contribution in [1.82, 2.24) is 0 Å². The number of fused-ring (bicyclic) bond motifs is 1. The van der Waals surface area contributed by atoms with E-state index in [0.29, 0.717) is 11.8 Å². The molecule has 0 spiro atoms. The molecule has 2 atom stereocenters. The van der Waals surface area contributed by atoms with Crippen molar-refractivity contribution in [3.63, 3.8) is 0 Å². The molecule has 6 rings (SSSR count). The highest BCUT2D eigenvalue weighted by molar-refractivity contribution is 5.36. The molecule has 1 aliphatic carbocycles. The lowest BCUT2D eigenvalue weighted by atomic mass is 9.74. The Hall–Kier alpha value is -3.90. The van der Waals surface area contributed by atoms with E-state index in [1.54, 1.807) is 11.1 Å². The van der Waals surface area contributed by atoms with Gasteiger partial charge in [-0.1, -0.05) is 158 Å². The Morgan fingerprint density at radius 3 is 1.54 bits per heavy atom. The standard InChI is InChI=1S/C18H20.C14H14.C7H8/c1-14(15-8-3-2-4-9-15)17-13-7-11-16-10-5-6-12-18(16)17;1-3-7-13(8-4-1)11-12-14-9-5-2-6-10-14;1-7-5-3-2-4-6-7/h2-6,8-10,12,14,17H,7,11,13H2,1H3;1-10H,11-12H2;2-6H,1H3. The maximum absolute atomic E-state index is 2.38. The van der Waals surface area contributed by atoms with Crippen LogP contribution in [0.25, 0.3) is 0 Å². The predicted molar refractivity (Wildman–Crippen MR) is 168 cm³/mol. The molecular weight excluding hydrogens is 468 g/mol. The Morgan fingerprint density at radius 2 is 1.03 bits per heavy atom. The quantitative estimate of drug-likeness (QED) is 0.221. The van der Waals surface area contributed by atoms with Gasteiger partial charge in [0.2, 0.25) is 0 Å². The smallest absolute Gasteiger partial charge is 0.00929 e. The molecule has 0 aliphatic heterocycles. The molecule has 0 aromatic heterocycles. The van der Waals surface area contributed by atoms with Crippen LogP contribution in [0.3, 0.4) is 0 Å². The lowest BCUT2D eigenvalue weighted by Gasteiger charge is -2.30. The Balaban J connectivity index is 0.000000149. The normalized spacial score (nSPS) is 14.5. The third-order valence-corrected chi connectivity index (χ3v) is 7.67. The van der Waals surface area contributed by atoms with Gasteiger partial charge >= 0.3 is 0 Å². The maximum Gasteiger partial charge on any atom is -0.00929 e. The van der Waals surface area contributed by atoms with E-state index in [2.05, 4.69) is 141 Å². The molecule has 0 nitrogen and oxygen atoms in total. The van der Waals surface area contributed by atoms with E-state index < -0.39 is 0 Å². The highest BCUT2D eigenvalue weighted by Crippen LogP contribution is 2.41. The average Bonchev–Trinajstić information content (AvgIpc) is 3.02. The summed E-state index contributed by atoms with van der Waals surface area (Å²) in [4.78, 5) is 0. The largest absolute Gasteiger partial charge is 0.0622 e. The minimum atomic E-state index is 0.618. The molecule has 1 aliphatic rings. The van der Waals surface area contributed by atoms with Crippen LogP contribution in [0.1, 0.15) is 65.0 Å². The van der Waals surface area contributed by atoms with Crippen LogP contribution in [-0.2, 0) is 19.3 Å². The summed E-state index contributed by atoms with van der Waals surface area (Å²) in [6.07, 6.45) is 6.18. The summed E-state index contributed by atoms with van der Waals surface area (Å²) in [5, 5.41) is 0. The first-order chi connectivity index (χ1) is 19.2. The van der Waals surface area contributed by atoms with E-state index in [-0.39, 0.29) is 0 Å². The minimum Gasteiger partial charge on any atom is -0.0622 e. The van der Waals surface area contributed by atoms with Gasteiger partial charge in [0.25, 0.3) is 0 Å². The highest BCUT2D eigenvalue weighted by Gasteiger charge is 2.25. The van der Waals surface area contributed by atoms with Crippen LogP contribution < -0.4 is 0 Å². The summed E-state index contributed by atoms with van der Waals surface area (Å²) in [6.45, 7) is 4.46. The predicted octanol–water partition coefficient (Wildman–Crippen LogP) is 10.4. The summed E-state index contributed by atoms with van der Waals surface area (Å²) in [5.41, 5.74) is 8.77. The molecule has 5 aromatic rings. The SMILES string of the molecule is CC(c1ccccc1)C1CCCc2ccccc21.Cc1ccccc1.c1ccc(CCc2ccccc2)cc1. The van der Waals surface area contributed by atoms with Gasteiger partial charge in [-0.15, -0.1) is 0 Å². The molecule has 198 valence electrons. The number of aryl methyl sites for hydroxylation is 4. The van der Waals surface area contributed by atoms with E-state index in [1.807, 2.05) is 18.2 Å². The lowest BCUT2D eigenvalue weighted by Crippen LogP contribution is -2.15. The number of rotatable bonds is 5. The second kappa shape index (κ2) is 15.5. The topological polar surface area (TPSA) is 0 Å². The van der Waals surface area contributed by atoms with Crippen LogP contribution in [0.5, 0.6) is 0 Å². The number of hydrogen-bond acceptors (Lipinski definition) is 0. The van der Waals surface area contributed by atoms with Crippen molar-refractivity contribution in [2.45, 2.75) is 57.8 Å². The summed E-state index contributed by atoms with van der Waals surface area (Å²) in [5.74, 6) is 1.31. The molecule has 0 heteroatoms. The maximum atomic E-state index is 2.38. The number of benzene rings is 5. The molecular formula is C39H42. The Morgan fingerprint density at radius 1 is 0.564 bits per heavy atom. The van der Waals surface area contributed by atoms with Crippen molar-refractivity contribution in [3.05, 3.63) is 179 Å². The van der Waals surface area contributed by atoms with Gasteiger partial charge < -0.3 is 0 Å². The molecule has 0 heterocycles. The van der Waals surface area contributed by atoms with Crippen molar-refractivity contribution in [2.75, 3.05) is 0 Å². The Bertz CT molecular complexity index is 1280. The molecule has 0 saturated heterocycles. The van der Waals surface area contributed by atoms with Gasteiger partial charge in [0.15, 0.2) is 0 Å². The van der Waals surface area contributed by atoms with Crippen molar-refractivity contribution >= 4 is 0 Å². The van der Waals surface area contributed by atoms with Crippen LogP contribution in [0.2, 0.25) is 0 Å². The third-order valence-electron chi connectivity index (χ3n) is 7.67. The zero-order valence-corrected chi connectivity index (χ0v) is 23.5. The second-order valence-electron chi connectivity index (χ2n) is 10.5. The molecule has 0 radical (unpaired) electrons. The number of hydrogen-bond donors (Lipinski definition) is 0. The molecule has 0 N–H and O–H groups in total. The van der Waals surface area contributed by atoms with Crippen molar-refractivity contribution in [2.24, 2.45) is 0 Å². The van der Waals surface area contributed by atoms with Gasteiger partial charge in [-0.3, -0.25) is 0 Å². The fourth-order valence-corrected chi connectivity index (χ4v) is 5.41. The molecule has 0 amide bonds. The van der Waals surface area contributed by atoms with E-state index in [1.165, 1.54) is 41.5 Å². The van der Waals surface area contributed by atoms with E-state index in [0.717, 1.165) is 12.8 Å². The summed E-state index contributed by atoms with van der Waals surface area (Å²) in [7, 11) is 0. The van der Waals surface area contributed by atoms with Crippen molar-refractivity contribution < 1.29 is 0 Å². The van der Waals surface area contributed by atoms with Crippen LogP contribution in [0.4, 0.5) is 0 Å². The zero-order valence-electron chi connectivity index (χ0n) is 23.5. The molecule has 0 bridgehead atoms. The molecule has 0 saturated carbocycles. The van der Waals surface area contributed by atoms with Crippen LogP contribution in [-0.4, -0.2) is 0 Å². The first-order valence-electron chi connectivity index (χ1n) is 14.4. The van der Waals surface area contributed by atoms with Crippen molar-refractivity contribution in [1.29, 1.82) is 0 Å². The third kappa shape index (κ3) is 9.11. The van der Waals surface area contributed by atoms with E-state index in [4.69, 9.17) is 0 Å². The van der Waals surface area contributed by atoms with Gasteiger partial charge in [-0.2, -0.15) is 0 Å². The molecule has 5 aromatic carbocycles. The van der Waals surface area contributed by atoms with Gasteiger partial charge in [-0.25, -0.2) is 0 Å². The van der Waals surface area contributed by atoms with Crippen LogP contribution in [0, 0.1) is 6.92 Å². The second-order valence-corrected chi connectivity index (χ2v) is 10.5. The van der Waals surface area contributed by atoms with Crippen LogP contribution in [0.15, 0.2) is 146 Å².